The molecule has 2 N–H and O–H groups in total. The Hall–Kier alpha value is -0.910. The van der Waals surface area contributed by atoms with Gasteiger partial charge in [0.1, 0.15) is 0 Å². The monoisotopic (exact) mass is 524 g/mol. The number of nitrogens with one attached hydrogen (secondary N) is 2. The molecule has 1 aromatic rings. The predicted octanol–water partition coefficient (Wildman–Crippen LogP) is 2.05. The molecule has 1 aromatic carbocycles. The zero-order chi connectivity index (χ0) is 19.5. The molecule has 0 bridgehead atoms. The fourth-order valence-corrected chi connectivity index (χ4v) is 3.69. The largest absolute Gasteiger partial charge is 0.376 e. The molecule has 0 amide bonds. The molecule has 2 rings (SSSR count). The van der Waals surface area contributed by atoms with Crippen molar-refractivity contribution in [2.24, 2.45) is 10.9 Å². The lowest BCUT2D eigenvalue weighted by Gasteiger charge is -2.21. The fraction of sp³-hybridized carbons (Fsp3) is 0.632. The van der Waals surface area contributed by atoms with E-state index in [4.69, 9.17) is 4.74 Å². The van der Waals surface area contributed by atoms with E-state index in [0.29, 0.717) is 25.6 Å². The van der Waals surface area contributed by atoms with Gasteiger partial charge in [-0.1, -0.05) is 30.3 Å². The summed E-state index contributed by atoms with van der Waals surface area (Å²) < 4.78 is 31.2. The molecule has 0 saturated carbocycles. The van der Waals surface area contributed by atoms with Gasteiger partial charge in [-0.2, -0.15) is 0 Å². The third-order valence-electron chi connectivity index (χ3n) is 4.60. The van der Waals surface area contributed by atoms with Crippen molar-refractivity contribution in [3.8, 4) is 0 Å². The van der Waals surface area contributed by atoms with Gasteiger partial charge >= 0.3 is 0 Å². The SMILES string of the molecule is CCS(=O)(=O)NCCCNC(=NC)N1CCC(COCc2ccccc2)C1.I. The van der Waals surface area contributed by atoms with Gasteiger partial charge in [0, 0.05) is 39.1 Å². The summed E-state index contributed by atoms with van der Waals surface area (Å²) in [5.74, 6) is 1.49. The average molecular weight is 524 g/mol. The number of likely N-dealkylation sites (tertiary alicyclic amines) is 1. The second-order valence-electron chi connectivity index (χ2n) is 6.73. The molecule has 0 aliphatic carbocycles. The minimum atomic E-state index is -3.11. The number of ether oxygens (including phenoxy) is 1. The van der Waals surface area contributed by atoms with Crippen molar-refractivity contribution in [1.29, 1.82) is 0 Å². The Morgan fingerprint density at radius 3 is 2.71 bits per heavy atom. The summed E-state index contributed by atoms with van der Waals surface area (Å²) in [6.07, 6.45) is 1.81. The Morgan fingerprint density at radius 2 is 2.04 bits per heavy atom. The molecule has 1 unspecified atom stereocenters. The van der Waals surface area contributed by atoms with Crippen LogP contribution in [-0.4, -0.2) is 64.9 Å². The first kappa shape index (κ1) is 25.1. The van der Waals surface area contributed by atoms with Crippen molar-refractivity contribution in [2.45, 2.75) is 26.4 Å². The quantitative estimate of drug-likeness (QED) is 0.212. The first-order valence-electron chi connectivity index (χ1n) is 9.58. The van der Waals surface area contributed by atoms with Crippen molar-refractivity contribution < 1.29 is 13.2 Å². The van der Waals surface area contributed by atoms with Gasteiger partial charge in [-0.15, -0.1) is 24.0 Å². The van der Waals surface area contributed by atoms with E-state index in [1.807, 2.05) is 18.2 Å². The van der Waals surface area contributed by atoms with Gasteiger partial charge in [0.25, 0.3) is 0 Å². The van der Waals surface area contributed by atoms with Gasteiger partial charge in [-0.25, -0.2) is 13.1 Å². The maximum Gasteiger partial charge on any atom is 0.211 e. The summed E-state index contributed by atoms with van der Waals surface area (Å²) in [5, 5.41) is 3.32. The third-order valence-corrected chi connectivity index (χ3v) is 6.01. The highest BCUT2D eigenvalue weighted by Gasteiger charge is 2.24. The molecule has 1 aliphatic rings. The fourth-order valence-electron chi connectivity index (χ4n) is 3.03. The smallest absolute Gasteiger partial charge is 0.211 e. The minimum absolute atomic E-state index is 0. The van der Waals surface area contributed by atoms with E-state index < -0.39 is 10.0 Å². The van der Waals surface area contributed by atoms with Crippen molar-refractivity contribution in [2.75, 3.05) is 45.6 Å². The van der Waals surface area contributed by atoms with Gasteiger partial charge in [0.2, 0.25) is 10.0 Å². The maximum atomic E-state index is 11.4. The number of halogens is 1. The summed E-state index contributed by atoms with van der Waals surface area (Å²) in [6, 6.07) is 10.2. The number of hydrogen-bond acceptors (Lipinski definition) is 4. The standard InChI is InChI=1S/C19H32N4O3S.HI/c1-3-27(24,25)22-12-7-11-21-19(20-2)23-13-10-18(14-23)16-26-15-17-8-5-4-6-9-17;/h4-6,8-9,18,22H,3,7,10-16H2,1-2H3,(H,20,21);1H. The lowest BCUT2D eigenvalue weighted by atomic mass is 10.1. The molecule has 1 aliphatic heterocycles. The van der Waals surface area contributed by atoms with Gasteiger partial charge in [-0.3, -0.25) is 4.99 Å². The van der Waals surface area contributed by atoms with Crippen molar-refractivity contribution in [3.05, 3.63) is 35.9 Å². The predicted molar refractivity (Wildman–Crippen MR) is 125 cm³/mol. The van der Waals surface area contributed by atoms with E-state index >= 15 is 0 Å². The summed E-state index contributed by atoms with van der Waals surface area (Å²) in [5.41, 5.74) is 1.20. The second kappa shape index (κ2) is 13.3. The normalized spacial score (nSPS) is 17.4. The molecule has 1 heterocycles. The number of nitrogens with zero attached hydrogens (tertiary/aromatic N) is 2. The Labute approximate surface area is 186 Å². The van der Waals surface area contributed by atoms with E-state index in [0.717, 1.165) is 38.5 Å². The van der Waals surface area contributed by atoms with Crippen LogP contribution in [-0.2, 0) is 21.4 Å². The van der Waals surface area contributed by atoms with Crippen LogP contribution in [0.3, 0.4) is 0 Å². The molecule has 1 saturated heterocycles. The molecule has 160 valence electrons. The number of benzene rings is 1. The molecule has 9 heteroatoms. The van der Waals surface area contributed by atoms with E-state index in [1.54, 1.807) is 14.0 Å². The zero-order valence-electron chi connectivity index (χ0n) is 16.8. The highest BCUT2D eigenvalue weighted by atomic mass is 127. The molecule has 0 spiro atoms. The van der Waals surface area contributed by atoms with Crippen LogP contribution in [0.1, 0.15) is 25.3 Å². The van der Waals surface area contributed by atoms with Crippen LogP contribution in [0.2, 0.25) is 0 Å². The maximum absolute atomic E-state index is 11.4. The summed E-state index contributed by atoms with van der Waals surface area (Å²) >= 11 is 0. The van der Waals surface area contributed by atoms with E-state index in [2.05, 4.69) is 32.1 Å². The Kier molecular flexibility index (Phi) is 12.0. The highest BCUT2D eigenvalue weighted by Crippen LogP contribution is 2.17. The molecule has 7 nitrogen and oxygen atoms in total. The Morgan fingerprint density at radius 1 is 1.29 bits per heavy atom. The molecular weight excluding hydrogens is 491 g/mol. The molecule has 1 atom stereocenters. The molecular formula is C19H33IN4O3S. The van der Waals surface area contributed by atoms with Crippen molar-refractivity contribution in [1.82, 2.24) is 14.9 Å². The molecule has 0 aromatic heterocycles. The highest BCUT2D eigenvalue weighted by molar-refractivity contribution is 14.0. The van der Waals surface area contributed by atoms with E-state index in [9.17, 15) is 8.42 Å². The first-order chi connectivity index (χ1) is 13.0. The van der Waals surface area contributed by atoms with Crippen molar-refractivity contribution >= 4 is 40.0 Å². The Bertz CT molecular complexity index is 686. The van der Waals surface area contributed by atoms with Gasteiger partial charge < -0.3 is 15.0 Å². The molecule has 28 heavy (non-hydrogen) atoms. The zero-order valence-corrected chi connectivity index (χ0v) is 19.9. The topological polar surface area (TPSA) is 83.0 Å². The van der Waals surface area contributed by atoms with Crippen LogP contribution in [0.25, 0.3) is 0 Å². The van der Waals surface area contributed by atoms with Crippen LogP contribution in [0, 0.1) is 5.92 Å². The van der Waals surface area contributed by atoms with Crippen LogP contribution in [0.4, 0.5) is 0 Å². The van der Waals surface area contributed by atoms with Gasteiger partial charge in [0.15, 0.2) is 5.96 Å². The third kappa shape index (κ3) is 9.06. The molecule has 1 fully saturated rings. The average Bonchev–Trinajstić information content (AvgIpc) is 3.14. The summed E-state index contributed by atoms with van der Waals surface area (Å²) in [4.78, 5) is 6.59. The van der Waals surface area contributed by atoms with Gasteiger partial charge in [0.05, 0.1) is 19.0 Å². The summed E-state index contributed by atoms with van der Waals surface area (Å²) in [6.45, 7) is 6.05. The number of aliphatic imine (C=N–C) groups is 1. The lowest BCUT2D eigenvalue weighted by molar-refractivity contribution is 0.0907. The number of rotatable bonds is 10. The number of hydrogen-bond donors (Lipinski definition) is 2. The van der Waals surface area contributed by atoms with E-state index in [1.165, 1.54) is 5.56 Å². The summed E-state index contributed by atoms with van der Waals surface area (Å²) in [7, 11) is -1.33. The number of guanidine groups is 1. The second-order valence-corrected chi connectivity index (χ2v) is 8.82. The van der Waals surface area contributed by atoms with Crippen LogP contribution < -0.4 is 10.0 Å². The lowest BCUT2D eigenvalue weighted by Crippen LogP contribution is -2.41. The van der Waals surface area contributed by atoms with Gasteiger partial charge in [-0.05, 0) is 25.3 Å². The molecule has 0 radical (unpaired) electrons. The van der Waals surface area contributed by atoms with Crippen molar-refractivity contribution in [3.63, 3.8) is 0 Å². The van der Waals surface area contributed by atoms with Crippen LogP contribution in [0.15, 0.2) is 35.3 Å². The first-order valence-corrected chi connectivity index (χ1v) is 11.2. The Balaban J connectivity index is 0.00000392. The number of sulfonamides is 1. The van der Waals surface area contributed by atoms with Crippen LogP contribution in [0.5, 0.6) is 0 Å². The minimum Gasteiger partial charge on any atom is -0.376 e. The van der Waals surface area contributed by atoms with Crippen LogP contribution >= 0.6 is 24.0 Å². The van der Waals surface area contributed by atoms with E-state index in [-0.39, 0.29) is 29.7 Å².